The van der Waals surface area contributed by atoms with Crippen LogP contribution in [0.2, 0.25) is 0 Å². The maximum atomic E-state index is 13.7. The van der Waals surface area contributed by atoms with Gasteiger partial charge in [0.2, 0.25) is 0 Å². The van der Waals surface area contributed by atoms with Crippen molar-refractivity contribution in [3.05, 3.63) is 41.7 Å². The fourth-order valence-electron chi connectivity index (χ4n) is 4.07. The third-order valence-corrected chi connectivity index (χ3v) is 5.58. The second-order valence-corrected chi connectivity index (χ2v) is 7.58. The molecule has 1 fully saturated rings. The summed E-state index contributed by atoms with van der Waals surface area (Å²) in [5, 5.41) is 8.86. The molecule has 0 bridgehead atoms. The van der Waals surface area contributed by atoms with Gasteiger partial charge in [0.05, 0.1) is 0 Å². The molecule has 28 heavy (non-hydrogen) atoms. The molecule has 0 radical (unpaired) electrons. The van der Waals surface area contributed by atoms with Gasteiger partial charge in [-0.3, -0.25) is 4.79 Å². The number of amides is 1. The Morgan fingerprint density at radius 1 is 1.21 bits per heavy atom. The first kappa shape index (κ1) is 18.9. The number of fused-ring (bicyclic) bond motifs is 1. The number of rotatable bonds is 4. The second-order valence-electron chi connectivity index (χ2n) is 7.58. The monoisotopic (exact) mass is 387 g/mol. The van der Waals surface area contributed by atoms with Crippen molar-refractivity contribution in [2.75, 3.05) is 39.8 Å². The summed E-state index contributed by atoms with van der Waals surface area (Å²) >= 11 is 0. The van der Waals surface area contributed by atoms with Crippen molar-refractivity contribution in [2.24, 2.45) is 0 Å². The van der Waals surface area contributed by atoms with Gasteiger partial charge >= 0.3 is 0 Å². The minimum atomic E-state index is -0.459. The number of para-hydroxylation sites is 1. The number of piperidine rings is 1. The minimum Gasteiger partial charge on any atom is -0.481 e. The highest BCUT2D eigenvalue weighted by Gasteiger charge is 2.28. The van der Waals surface area contributed by atoms with Crippen LogP contribution < -0.4 is 4.74 Å². The van der Waals surface area contributed by atoms with E-state index in [2.05, 4.69) is 26.7 Å². The molecule has 0 aliphatic carbocycles. The van der Waals surface area contributed by atoms with Crippen LogP contribution in [0.5, 0.6) is 5.75 Å². The van der Waals surface area contributed by atoms with Gasteiger partial charge in [0.1, 0.15) is 11.6 Å². The molecule has 2 aromatic rings. The SMILES string of the molecule is CN1CCC[C@@H](c2nnc3n2CCN(C(=O)COc2ccccc2F)CC3)C1. The molecule has 8 heteroatoms. The fourth-order valence-corrected chi connectivity index (χ4v) is 4.07. The first-order valence-corrected chi connectivity index (χ1v) is 9.87. The topological polar surface area (TPSA) is 63.5 Å². The summed E-state index contributed by atoms with van der Waals surface area (Å²) in [4.78, 5) is 16.7. The highest BCUT2D eigenvalue weighted by molar-refractivity contribution is 5.77. The minimum absolute atomic E-state index is 0.103. The van der Waals surface area contributed by atoms with E-state index in [-0.39, 0.29) is 18.3 Å². The van der Waals surface area contributed by atoms with E-state index in [9.17, 15) is 9.18 Å². The van der Waals surface area contributed by atoms with E-state index in [0.29, 0.717) is 32.0 Å². The molecule has 7 nitrogen and oxygen atoms in total. The number of aromatic nitrogens is 3. The summed E-state index contributed by atoms with van der Waals surface area (Å²) in [6, 6.07) is 6.13. The number of hydrogen-bond donors (Lipinski definition) is 0. The molecule has 1 saturated heterocycles. The lowest BCUT2D eigenvalue weighted by Gasteiger charge is -2.29. The second kappa shape index (κ2) is 8.26. The molecule has 3 heterocycles. The predicted molar refractivity (Wildman–Crippen MR) is 102 cm³/mol. The zero-order valence-electron chi connectivity index (χ0n) is 16.2. The predicted octanol–water partition coefficient (Wildman–Crippen LogP) is 1.69. The van der Waals surface area contributed by atoms with Crippen molar-refractivity contribution in [3.8, 4) is 5.75 Å². The van der Waals surface area contributed by atoms with Crippen molar-refractivity contribution >= 4 is 5.91 Å². The van der Waals surface area contributed by atoms with Crippen molar-refractivity contribution in [3.63, 3.8) is 0 Å². The molecular weight excluding hydrogens is 361 g/mol. The lowest BCUT2D eigenvalue weighted by Crippen LogP contribution is -2.37. The third kappa shape index (κ3) is 4.01. The van der Waals surface area contributed by atoms with E-state index < -0.39 is 5.82 Å². The van der Waals surface area contributed by atoms with Crippen LogP contribution in [0, 0.1) is 5.82 Å². The highest BCUT2D eigenvalue weighted by atomic mass is 19.1. The van der Waals surface area contributed by atoms with Crippen LogP contribution in [0.25, 0.3) is 0 Å². The van der Waals surface area contributed by atoms with Gasteiger partial charge in [-0.1, -0.05) is 12.1 Å². The Labute approximate surface area is 164 Å². The van der Waals surface area contributed by atoms with Gasteiger partial charge in [0.15, 0.2) is 18.2 Å². The first-order valence-electron chi connectivity index (χ1n) is 9.87. The average Bonchev–Trinajstić information content (AvgIpc) is 2.98. The van der Waals surface area contributed by atoms with Crippen LogP contribution in [-0.4, -0.2) is 70.3 Å². The number of likely N-dealkylation sites (N-methyl/N-ethyl adjacent to an activating group) is 1. The van der Waals surface area contributed by atoms with E-state index in [4.69, 9.17) is 4.74 Å². The largest absolute Gasteiger partial charge is 0.481 e. The average molecular weight is 387 g/mol. The van der Waals surface area contributed by atoms with Gasteiger partial charge in [0.25, 0.3) is 5.91 Å². The van der Waals surface area contributed by atoms with E-state index in [1.807, 2.05) is 0 Å². The molecule has 150 valence electrons. The summed E-state index contributed by atoms with van der Waals surface area (Å²) in [5.41, 5.74) is 0. The molecule has 0 spiro atoms. The Kier molecular flexibility index (Phi) is 5.57. The van der Waals surface area contributed by atoms with Crippen LogP contribution >= 0.6 is 0 Å². The summed E-state index contributed by atoms with van der Waals surface area (Å²) < 4.78 is 21.2. The maximum absolute atomic E-state index is 13.7. The number of halogens is 1. The number of nitrogens with zero attached hydrogens (tertiary/aromatic N) is 5. The van der Waals surface area contributed by atoms with Crippen LogP contribution in [0.15, 0.2) is 24.3 Å². The number of ether oxygens (including phenoxy) is 1. The number of carbonyl (C=O) groups excluding carboxylic acids is 1. The Morgan fingerprint density at radius 3 is 2.89 bits per heavy atom. The Morgan fingerprint density at radius 2 is 2.07 bits per heavy atom. The third-order valence-electron chi connectivity index (χ3n) is 5.58. The smallest absolute Gasteiger partial charge is 0.260 e. The van der Waals surface area contributed by atoms with Gasteiger partial charge in [-0.2, -0.15) is 0 Å². The van der Waals surface area contributed by atoms with Gasteiger partial charge in [-0.15, -0.1) is 10.2 Å². The van der Waals surface area contributed by atoms with E-state index in [1.165, 1.54) is 18.6 Å². The van der Waals surface area contributed by atoms with E-state index in [0.717, 1.165) is 31.2 Å². The summed E-state index contributed by atoms with van der Waals surface area (Å²) in [6.07, 6.45) is 2.96. The van der Waals surface area contributed by atoms with Crippen molar-refractivity contribution in [1.29, 1.82) is 0 Å². The molecule has 0 unspecified atom stereocenters. The highest BCUT2D eigenvalue weighted by Crippen LogP contribution is 2.26. The molecule has 0 N–H and O–H groups in total. The first-order chi connectivity index (χ1) is 13.6. The van der Waals surface area contributed by atoms with E-state index >= 15 is 0 Å². The van der Waals surface area contributed by atoms with Crippen molar-refractivity contribution in [1.82, 2.24) is 24.6 Å². The van der Waals surface area contributed by atoms with Gasteiger partial charge in [-0.25, -0.2) is 4.39 Å². The summed E-state index contributed by atoms with van der Waals surface area (Å²) in [5.74, 6) is 1.88. The maximum Gasteiger partial charge on any atom is 0.260 e. The van der Waals surface area contributed by atoms with Gasteiger partial charge in [-0.05, 0) is 38.6 Å². The van der Waals surface area contributed by atoms with Crippen molar-refractivity contribution in [2.45, 2.75) is 31.7 Å². The lowest BCUT2D eigenvalue weighted by molar-refractivity contribution is -0.133. The standard InChI is InChI=1S/C20H26FN5O2/c1-24-9-4-5-15(13-24)20-23-22-18-8-10-25(11-12-26(18)20)19(27)14-28-17-7-3-2-6-16(17)21/h2-3,6-7,15H,4-5,8-14H2,1H3/t15-/m1/s1. The zero-order valence-corrected chi connectivity index (χ0v) is 16.2. The fraction of sp³-hybridized carbons (Fsp3) is 0.550. The van der Waals surface area contributed by atoms with Crippen LogP contribution in [-0.2, 0) is 17.8 Å². The Hall–Kier alpha value is -2.48. The Bertz CT molecular complexity index is 840. The van der Waals surface area contributed by atoms with Crippen LogP contribution in [0.1, 0.15) is 30.4 Å². The summed E-state index contributed by atoms with van der Waals surface area (Å²) in [7, 11) is 2.14. The Balaban J connectivity index is 1.38. The quantitative estimate of drug-likeness (QED) is 0.799. The van der Waals surface area contributed by atoms with Crippen LogP contribution in [0.3, 0.4) is 0 Å². The van der Waals surface area contributed by atoms with E-state index in [1.54, 1.807) is 17.0 Å². The molecule has 0 saturated carbocycles. The molecule has 1 amide bonds. The molecule has 1 aromatic carbocycles. The summed E-state index contributed by atoms with van der Waals surface area (Å²) in [6.45, 7) is 3.80. The molecular formula is C20H26FN5O2. The zero-order chi connectivity index (χ0) is 19.5. The number of hydrogen-bond acceptors (Lipinski definition) is 5. The molecule has 4 rings (SSSR count). The van der Waals surface area contributed by atoms with Gasteiger partial charge in [0, 0.05) is 38.5 Å². The molecule has 2 aliphatic rings. The van der Waals surface area contributed by atoms with Crippen molar-refractivity contribution < 1.29 is 13.9 Å². The molecule has 1 atom stereocenters. The number of likely N-dealkylation sites (tertiary alicyclic amines) is 1. The molecule has 2 aliphatic heterocycles. The normalized spacial score (nSPS) is 20.5. The number of benzene rings is 1. The number of carbonyl (C=O) groups is 1. The molecule has 1 aromatic heterocycles. The van der Waals surface area contributed by atoms with Crippen LogP contribution in [0.4, 0.5) is 4.39 Å². The lowest BCUT2D eigenvalue weighted by atomic mass is 9.97. The van der Waals surface area contributed by atoms with Gasteiger partial charge < -0.3 is 19.1 Å².